The monoisotopic (exact) mass is 419 g/mol. The molecule has 0 amide bonds. The molecule has 0 saturated carbocycles. The van der Waals surface area contributed by atoms with Crippen molar-refractivity contribution in [3.63, 3.8) is 0 Å². The van der Waals surface area contributed by atoms with E-state index in [-0.39, 0.29) is 17.4 Å². The zero-order valence-electron chi connectivity index (χ0n) is 13.6. The van der Waals surface area contributed by atoms with Crippen LogP contribution in [0.1, 0.15) is 16.2 Å². The third-order valence-corrected chi connectivity index (χ3v) is 5.36. The van der Waals surface area contributed by atoms with Gasteiger partial charge in [-0.05, 0) is 12.1 Å². The van der Waals surface area contributed by atoms with E-state index in [1.807, 2.05) is 36.4 Å². The van der Waals surface area contributed by atoms with E-state index in [0.717, 1.165) is 10.4 Å². The Labute approximate surface area is 167 Å². The van der Waals surface area contributed by atoms with Gasteiger partial charge in [-0.1, -0.05) is 58.7 Å². The lowest BCUT2D eigenvalue weighted by molar-refractivity contribution is 0.0686. The van der Waals surface area contributed by atoms with E-state index in [4.69, 9.17) is 27.7 Å². The number of thiophene rings is 1. The summed E-state index contributed by atoms with van der Waals surface area (Å²) >= 11 is 13.4. The molecule has 0 fully saturated rings. The molecule has 1 aromatic carbocycles. The first kappa shape index (κ1) is 17.8. The number of carboxylic acid groups (broad SMARTS) is 1. The van der Waals surface area contributed by atoms with Crippen molar-refractivity contribution in [1.82, 2.24) is 14.7 Å². The molecule has 0 aliphatic rings. The topological polar surface area (TPSA) is 81.1 Å². The molecule has 0 radical (unpaired) electrons. The number of aromatic carboxylic acids is 1. The van der Waals surface area contributed by atoms with Crippen LogP contribution in [0.3, 0.4) is 0 Å². The van der Waals surface area contributed by atoms with E-state index in [2.05, 4.69) is 10.1 Å². The van der Waals surface area contributed by atoms with Crippen molar-refractivity contribution in [3.8, 4) is 22.0 Å². The van der Waals surface area contributed by atoms with Gasteiger partial charge in [0.2, 0.25) is 0 Å². The van der Waals surface area contributed by atoms with Crippen LogP contribution in [0.5, 0.6) is 0 Å². The number of aromatic nitrogens is 3. The molecule has 3 aromatic heterocycles. The summed E-state index contributed by atoms with van der Waals surface area (Å²) < 4.78 is 7.54. The first-order chi connectivity index (χ1) is 13.0. The highest BCUT2D eigenvalue weighted by molar-refractivity contribution is 7.19. The van der Waals surface area contributed by atoms with Gasteiger partial charge < -0.3 is 14.2 Å². The summed E-state index contributed by atoms with van der Waals surface area (Å²) in [6, 6.07) is 14.6. The Kier molecular flexibility index (Phi) is 4.73. The lowest BCUT2D eigenvalue weighted by atomic mass is 10.2. The number of halogens is 2. The number of rotatable bonds is 5. The van der Waals surface area contributed by atoms with Crippen LogP contribution >= 0.6 is 34.5 Å². The van der Waals surface area contributed by atoms with Gasteiger partial charge in [-0.15, -0.1) is 11.3 Å². The average Bonchev–Trinajstić information content (AvgIpc) is 3.35. The maximum Gasteiger partial charge on any atom is 0.355 e. The molecule has 27 heavy (non-hydrogen) atoms. The van der Waals surface area contributed by atoms with E-state index in [0.29, 0.717) is 21.6 Å². The van der Waals surface area contributed by atoms with Crippen LogP contribution in [0, 0.1) is 0 Å². The van der Waals surface area contributed by atoms with Crippen molar-refractivity contribution in [2.24, 2.45) is 0 Å². The maximum atomic E-state index is 11.7. The number of hydrogen-bond acceptors (Lipinski definition) is 5. The molecule has 0 aliphatic heterocycles. The Morgan fingerprint density at radius 3 is 2.63 bits per heavy atom. The summed E-state index contributed by atoms with van der Waals surface area (Å²) in [4.78, 5) is 16.8. The van der Waals surface area contributed by atoms with Crippen molar-refractivity contribution in [1.29, 1.82) is 0 Å². The van der Waals surface area contributed by atoms with Crippen molar-refractivity contribution < 1.29 is 14.4 Å². The fraction of sp³-hybridized carbons (Fsp3) is 0.0556. The van der Waals surface area contributed by atoms with E-state index in [1.54, 1.807) is 12.1 Å². The van der Waals surface area contributed by atoms with Crippen LogP contribution in [0.4, 0.5) is 0 Å². The Balaban J connectivity index is 1.75. The molecule has 0 atom stereocenters. The zero-order chi connectivity index (χ0) is 19.0. The van der Waals surface area contributed by atoms with Crippen LogP contribution in [0.25, 0.3) is 22.0 Å². The van der Waals surface area contributed by atoms with Crippen LogP contribution in [0.2, 0.25) is 9.49 Å². The normalized spacial score (nSPS) is 11.0. The van der Waals surface area contributed by atoms with E-state index < -0.39 is 5.97 Å². The van der Waals surface area contributed by atoms with Gasteiger partial charge in [-0.25, -0.2) is 9.78 Å². The Morgan fingerprint density at radius 2 is 1.96 bits per heavy atom. The average molecular weight is 420 g/mol. The van der Waals surface area contributed by atoms with Crippen LogP contribution in [-0.2, 0) is 6.54 Å². The molecule has 0 spiro atoms. The van der Waals surface area contributed by atoms with Gasteiger partial charge >= 0.3 is 5.97 Å². The molecule has 0 saturated heterocycles. The van der Waals surface area contributed by atoms with Gasteiger partial charge in [-0.3, -0.25) is 0 Å². The van der Waals surface area contributed by atoms with Crippen molar-refractivity contribution >= 4 is 40.5 Å². The van der Waals surface area contributed by atoms with Gasteiger partial charge in [0.15, 0.2) is 16.6 Å². The summed E-state index contributed by atoms with van der Waals surface area (Å²) in [7, 11) is 0. The number of carbonyl (C=O) groups is 1. The molecule has 0 unspecified atom stereocenters. The number of hydrogen-bond donors (Lipinski definition) is 1. The fourth-order valence-electron chi connectivity index (χ4n) is 2.70. The Morgan fingerprint density at radius 1 is 1.19 bits per heavy atom. The zero-order valence-corrected chi connectivity index (χ0v) is 15.9. The minimum absolute atomic E-state index is 0.0740. The first-order valence-electron chi connectivity index (χ1n) is 7.79. The van der Waals surface area contributed by atoms with Crippen molar-refractivity contribution in [3.05, 3.63) is 69.4 Å². The lowest BCUT2D eigenvalue weighted by Crippen LogP contribution is -2.11. The molecule has 4 rings (SSSR count). The molecule has 4 aromatic rings. The number of carboxylic acids is 1. The first-order valence-corrected chi connectivity index (χ1v) is 9.36. The SMILES string of the molecule is O=C(O)c1c(Cl)nc(-c2ccccc2)n1Cc1cc(-c2ccc(Cl)s2)on1. The predicted octanol–water partition coefficient (Wildman–Crippen LogP) is 5.32. The molecule has 6 nitrogen and oxygen atoms in total. The molecule has 3 heterocycles. The fourth-order valence-corrected chi connectivity index (χ4v) is 3.95. The highest BCUT2D eigenvalue weighted by Crippen LogP contribution is 2.32. The van der Waals surface area contributed by atoms with E-state index in [1.165, 1.54) is 15.9 Å². The summed E-state index contributed by atoms with van der Waals surface area (Å²) in [6.07, 6.45) is 0. The maximum absolute atomic E-state index is 11.7. The van der Waals surface area contributed by atoms with Crippen LogP contribution in [-0.4, -0.2) is 25.8 Å². The molecule has 136 valence electrons. The Hall–Kier alpha value is -2.61. The number of nitrogens with zero attached hydrogens (tertiary/aromatic N) is 3. The summed E-state index contributed by atoms with van der Waals surface area (Å²) in [5.41, 5.74) is 1.20. The summed E-state index contributed by atoms with van der Waals surface area (Å²) in [5.74, 6) is -0.156. The van der Waals surface area contributed by atoms with Crippen LogP contribution < -0.4 is 0 Å². The molecular formula is C18H11Cl2N3O3S. The second-order valence-electron chi connectivity index (χ2n) is 5.62. The smallest absolute Gasteiger partial charge is 0.355 e. The minimum Gasteiger partial charge on any atom is -0.476 e. The lowest BCUT2D eigenvalue weighted by Gasteiger charge is -2.08. The molecule has 0 aliphatic carbocycles. The number of imidazole rings is 1. The highest BCUT2D eigenvalue weighted by Gasteiger charge is 2.23. The largest absolute Gasteiger partial charge is 0.476 e. The second kappa shape index (κ2) is 7.19. The minimum atomic E-state index is -1.16. The highest BCUT2D eigenvalue weighted by atomic mass is 35.5. The third kappa shape index (κ3) is 3.49. The predicted molar refractivity (Wildman–Crippen MR) is 104 cm³/mol. The van der Waals surface area contributed by atoms with E-state index in [9.17, 15) is 9.90 Å². The van der Waals surface area contributed by atoms with Crippen molar-refractivity contribution in [2.75, 3.05) is 0 Å². The second-order valence-corrected chi connectivity index (χ2v) is 7.69. The molecule has 1 N–H and O–H groups in total. The summed E-state index contributed by atoms with van der Waals surface area (Å²) in [6.45, 7) is 0.147. The van der Waals surface area contributed by atoms with Crippen molar-refractivity contribution in [2.45, 2.75) is 6.54 Å². The summed E-state index contributed by atoms with van der Waals surface area (Å²) in [5, 5.41) is 13.5. The number of benzene rings is 1. The van der Waals surface area contributed by atoms with Crippen LogP contribution in [0.15, 0.2) is 53.1 Å². The van der Waals surface area contributed by atoms with Gasteiger partial charge in [-0.2, -0.15) is 0 Å². The van der Waals surface area contributed by atoms with Gasteiger partial charge in [0.05, 0.1) is 15.8 Å². The molecular weight excluding hydrogens is 409 g/mol. The molecule has 0 bridgehead atoms. The van der Waals surface area contributed by atoms with Gasteiger partial charge in [0.25, 0.3) is 0 Å². The standard InChI is InChI=1S/C18H11Cl2N3O3S/c19-14-7-6-13(27-14)12-8-11(22-26-12)9-23-15(18(24)25)16(20)21-17(23)10-4-2-1-3-5-10/h1-8H,9H2,(H,24,25). The third-order valence-electron chi connectivity index (χ3n) is 3.85. The van der Waals surface area contributed by atoms with Gasteiger partial charge in [0, 0.05) is 11.6 Å². The van der Waals surface area contributed by atoms with Gasteiger partial charge in [0.1, 0.15) is 11.5 Å². The Bertz CT molecular complexity index is 1120. The molecule has 9 heteroatoms. The van der Waals surface area contributed by atoms with E-state index >= 15 is 0 Å². The quantitative estimate of drug-likeness (QED) is 0.473.